The number of imidazole rings is 1. The van der Waals surface area contributed by atoms with Crippen molar-refractivity contribution in [1.82, 2.24) is 9.97 Å². The van der Waals surface area contributed by atoms with Gasteiger partial charge in [-0.2, -0.15) is 21.6 Å². The topological polar surface area (TPSA) is 72.1 Å². The summed E-state index contributed by atoms with van der Waals surface area (Å²) in [6.07, 6.45) is -3.31. The second-order valence-corrected chi connectivity index (χ2v) is 7.18. The van der Waals surface area contributed by atoms with E-state index in [0.717, 1.165) is 0 Å². The van der Waals surface area contributed by atoms with E-state index in [1.807, 2.05) is 0 Å². The van der Waals surface area contributed by atoms with Crippen molar-refractivity contribution in [3.05, 3.63) is 52.3 Å². The van der Waals surface area contributed by atoms with Gasteiger partial charge in [0.25, 0.3) is 0 Å². The molecule has 11 heteroatoms. The van der Waals surface area contributed by atoms with E-state index in [1.54, 1.807) is 0 Å². The van der Waals surface area contributed by atoms with Gasteiger partial charge in [-0.15, -0.1) is 0 Å². The Morgan fingerprint density at radius 1 is 1.08 bits per heavy atom. The Balaban J connectivity index is 2.02. The SMILES string of the molecule is O=S(=O)(Oc1ccc2nc[nH]c2c1)c1c(Cl)cc(C(F)(F)F)cc1Cl. The molecule has 1 N–H and O–H groups in total. The van der Waals surface area contributed by atoms with E-state index in [2.05, 4.69) is 9.97 Å². The van der Waals surface area contributed by atoms with Crippen molar-refractivity contribution in [1.29, 1.82) is 0 Å². The lowest BCUT2D eigenvalue weighted by Crippen LogP contribution is -2.13. The fourth-order valence-corrected chi connectivity index (χ4v) is 4.19. The van der Waals surface area contributed by atoms with Gasteiger partial charge in [-0.1, -0.05) is 23.2 Å². The molecule has 0 saturated carbocycles. The maximum atomic E-state index is 12.7. The molecule has 3 rings (SSSR count). The molecular weight excluding hydrogens is 404 g/mol. The molecule has 0 bridgehead atoms. The number of fused-ring (bicyclic) bond motifs is 1. The summed E-state index contributed by atoms with van der Waals surface area (Å²) in [7, 11) is -4.55. The van der Waals surface area contributed by atoms with Crippen LogP contribution in [0.4, 0.5) is 13.2 Å². The average molecular weight is 411 g/mol. The molecule has 0 unspecified atom stereocenters. The summed E-state index contributed by atoms with van der Waals surface area (Å²) < 4.78 is 67.9. The molecule has 0 radical (unpaired) electrons. The summed E-state index contributed by atoms with van der Waals surface area (Å²) in [6.45, 7) is 0. The van der Waals surface area contributed by atoms with Gasteiger partial charge in [0.2, 0.25) is 0 Å². The highest BCUT2D eigenvalue weighted by Crippen LogP contribution is 2.38. The van der Waals surface area contributed by atoms with Crippen LogP contribution in [0, 0.1) is 0 Å². The van der Waals surface area contributed by atoms with Crippen molar-refractivity contribution in [3.63, 3.8) is 0 Å². The Morgan fingerprint density at radius 3 is 2.32 bits per heavy atom. The van der Waals surface area contributed by atoms with Crippen LogP contribution in [-0.4, -0.2) is 18.4 Å². The monoisotopic (exact) mass is 410 g/mol. The summed E-state index contributed by atoms with van der Waals surface area (Å²) >= 11 is 11.4. The number of nitrogens with zero attached hydrogens (tertiary/aromatic N) is 1. The van der Waals surface area contributed by atoms with Crippen molar-refractivity contribution < 1.29 is 25.8 Å². The van der Waals surface area contributed by atoms with E-state index in [1.165, 1.54) is 24.5 Å². The van der Waals surface area contributed by atoms with E-state index in [4.69, 9.17) is 27.4 Å². The van der Waals surface area contributed by atoms with Crippen LogP contribution in [0.15, 0.2) is 41.6 Å². The molecule has 0 atom stereocenters. The van der Waals surface area contributed by atoms with Crippen LogP contribution in [0.2, 0.25) is 10.0 Å². The van der Waals surface area contributed by atoms with E-state index >= 15 is 0 Å². The van der Waals surface area contributed by atoms with Gasteiger partial charge in [0.15, 0.2) is 0 Å². The first kappa shape index (κ1) is 17.8. The van der Waals surface area contributed by atoms with Gasteiger partial charge in [0, 0.05) is 6.07 Å². The lowest BCUT2D eigenvalue weighted by molar-refractivity contribution is -0.137. The predicted octanol–water partition coefficient (Wildman–Crippen LogP) is 4.66. The standard InChI is InChI=1S/C14H7Cl2F3N2O3S/c15-9-3-7(14(17,18)19)4-10(16)13(9)25(22,23)24-8-1-2-11-12(5-8)21-6-20-11/h1-6H,(H,20,21). The maximum absolute atomic E-state index is 12.7. The minimum absolute atomic E-state index is 0.0798. The maximum Gasteiger partial charge on any atom is 0.416 e. The number of hydrogen-bond donors (Lipinski definition) is 1. The molecule has 0 aliphatic carbocycles. The van der Waals surface area contributed by atoms with Crippen LogP contribution in [0.25, 0.3) is 11.0 Å². The van der Waals surface area contributed by atoms with Crippen molar-refractivity contribution in [2.45, 2.75) is 11.1 Å². The van der Waals surface area contributed by atoms with Crippen LogP contribution >= 0.6 is 23.2 Å². The summed E-state index contributed by atoms with van der Waals surface area (Å²) in [4.78, 5) is 5.99. The first-order chi connectivity index (χ1) is 11.6. The van der Waals surface area contributed by atoms with Crippen LogP contribution < -0.4 is 4.18 Å². The van der Waals surface area contributed by atoms with E-state index in [9.17, 15) is 21.6 Å². The minimum atomic E-state index is -4.72. The molecule has 3 aromatic rings. The average Bonchev–Trinajstić information content (AvgIpc) is 2.92. The number of aromatic amines is 1. The molecule has 0 aliphatic rings. The van der Waals surface area contributed by atoms with Gasteiger partial charge in [-0.05, 0) is 24.3 Å². The number of aromatic nitrogens is 2. The Hall–Kier alpha value is -1.97. The lowest BCUT2D eigenvalue weighted by atomic mass is 10.2. The van der Waals surface area contributed by atoms with Crippen LogP contribution in [0.5, 0.6) is 5.75 Å². The van der Waals surface area contributed by atoms with Gasteiger partial charge >= 0.3 is 16.3 Å². The quantitative estimate of drug-likeness (QED) is 0.637. The number of benzene rings is 2. The molecule has 0 amide bonds. The molecule has 0 saturated heterocycles. The van der Waals surface area contributed by atoms with Gasteiger partial charge < -0.3 is 9.17 Å². The molecule has 5 nitrogen and oxygen atoms in total. The fraction of sp³-hybridized carbons (Fsp3) is 0.0714. The number of hydrogen-bond acceptors (Lipinski definition) is 4. The summed E-state index contributed by atoms with van der Waals surface area (Å²) in [6, 6.07) is 5.16. The molecule has 0 aliphatic heterocycles. The first-order valence-electron chi connectivity index (χ1n) is 6.52. The third kappa shape index (κ3) is 3.53. The zero-order valence-corrected chi connectivity index (χ0v) is 14.3. The summed E-state index contributed by atoms with van der Waals surface area (Å²) in [5, 5.41) is -1.38. The second-order valence-electron chi connectivity index (χ2n) is 4.89. The highest BCUT2D eigenvalue weighted by atomic mass is 35.5. The Morgan fingerprint density at radius 2 is 1.72 bits per heavy atom. The molecule has 132 valence electrons. The normalized spacial score (nSPS) is 12.5. The van der Waals surface area contributed by atoms with Crippen molar-refractivity contribution >= 4 is 44.4 Å². The second kappa shape index (κ2) is 6.08. The number of alkyl halides is 3. The third-order valence-corrected chi connectivity index (χ3v) is 5.35. The molecule has 0 fully saturated rings. The van der Waals surface area contributed by atoms with Crippen LogP contribution in [-0.2, 0) is 16.3 Å². The molecule has 25 heavy (non-hydrogen) atoms. The van der Waals surface area contributed by atoms with Crippen LogP contribution in [0.3, 0.4) is 0 Å². The number of H-pyrrole nitrogens is 1. The van der Waals surface area contributed by atoms with Gasteiger partial charge in [-0.25, -0.2) is 4.98 Å². The van der Waals surface area contributed by atoms with E-state index in [-0.39, 0.29) is 5.75 Å². The van der Waals surface area contributed by atoms with Gasteiger partial charge in [0.1, 0.15) is 10.6 Å². The molecular formula is C14H7Cl2F3N2O3S. The predicted molar refractivity (Wildman–Crippen MR) is 85.4 cm³/mol. The highest BCUT2D eigenvalue weighted by Gasteiger charge is 2.34. The van der Waals surface area contributed by atoms with Crippen molar-refractivity contribution in [2.24, 2.45) is 0 Å². The summed E-state index contributed by atoms with van der Waals surface area (Å²) in [5.74, 6) is -0.0798. The van der Waals surface area contributed by atoms with E-state index in [0.29, 0.717) is 23.2 Å². The molecule has 1 heterocycles. The van der Waals surface area contributed by atoms with Crippen molar-refractivity contribution in [3.8, 4) is 5.75 Å². The van der Waals surface area contributed by atoms with Crippen molar-refractivity contribution in [2.75, 3.05) is 0 Å². The molecule has 1 aromatic heterocycles. The van der Waals surface area contributed by atoms with E-state index < -0.39 is 36.8 Å². The van der Waals surface area contributed by atoms with Crippen LogP contribution in [0.1, 0.15) is 5.56 Å². The first-order valence-corrected chi connectivity index (χ1v) is 8.68. The zero-order valence-electron chi connectivity index (χ0n) is 11.9. The number of halogens is 5. The Bertz CT molecular complexity index is 1040. The number of nitrogens with one attached hydrogen (secondary N) is 1. The number of rotatable bonds is 3. The zero-order chi connectivity index (χ0) is 18.4. The molecule has 0 spiro atoms. The van der Waals surface area contributed by atoms with Gasteiger partial charge in [-0.3, -0.25) is 0 Å². The third-order valence-electron chi connectivity index (χ3n) is 3.17. The summed E-state index contributed by atoms with van der Waals surface area (Å²) in [5.41, 5.74) is -0.0759. The highest BCUT2D eigenvalue weighted by molar-refractivity contribution is 7.87. The minimum Gasteiger partial charge on any atom is -0.379 e. The van der Waals surface area contributed by atoms with Gasteiger partial charge in [0.05, 0.1) is 33.0 Å². The lowest BCUT2D eigenvalue weighted by Gasteiger charge is -2.13. The molecule has 2 aromatic carbocycles. The fourth-order valence-electron chi connectivity index (χ4n) is 2.10. The largest absolute Gasteiger partial charge is 0.416 e. The Kier molecular flexibility index (Phi) is 4.34. The Labute approximate surface area is 149 Å². The smallest absolute Gasteiger partial charge is 0.379 e.